The van der Waals surface area contributed by atoms with E-state index in [-0.39, 0.29) is 23.3 Å². The second kappa shape index (κ2) is 9.62. The third-order valence-electron chi connectivity index (χ3n) is 3.86. The molecule has 0 aliphatic heterocycles. The first-order chi connectivity index (χ1) is 14.0. The van der Waals surface area contributed by atoms with Crippen molar-refractivity contribution >= 4 is 35.0 Å². The number of methoxy groups -OCH3 is 1. The molecule has 1 heterocycles. The van der Waals surface area contributed by atoms with Crippen LogP contribution in [-0.4, -0.2) is 33.5 Å². The maximum atomic E-state index is 13.1. The number of nitrogens with zero attached hydrogens (tertiary/aromatic N) is 3. The Balaban J connectivity index is 1.54. The van der Waals surface area contributed by atoms with Crippen molar-refractivity contribution in [3.63, 3.8) is 0 Å². The van der Waals surface area contributed by atoms with Crippen LogP contribution in [0.25, 0.3) is 0 Å². The van der Waals surface area contributed by atoms with E-state index in [1.807, 2.05) is 0 Å². The molecular weight excluding hydrogens is 419 g/mol. The van der Waals surface area contributed by atoms with Crippen molar-refractivity contribution in [2.45, 2.75) is 11.8 Å². The maximum Gasteiger partial charge on any atom is 0.234 e. The second-order valence-electron chi connectivity index (χ2n) is 5.89. The molecule has 1 N–H and O–H groups in total. The van der Waals surface area contributed by atoms with Gasteiger partial charge in [-0.1, -0.05) is 29.4 Å². The molecule has 0 atom stereocenters. The normalized spacial score (nSPS) is 10.6. The Hall–Kier alpha value is -2.78. The van der Waals surface area contributed by atoms with Gasteiger partial charge in [-0.3, -0.25) is 4.79 Å². The number of hydrogen-bond donors (Lipinski definition) is 1. The number of aromatic nitrogens is 3. The molecule has 0 unspecified atom stereocenters. The Kier molecular flexibility index (Phi) is 6.95. The summed E-state index contributed by atoms with van der Waals surface area (Å²) in [5, 5.41) is 11.7. The third kappa shape index (κ3) is 5.61. The van der Waals surface area contributed by atoms with Crippen molar-refractivity contribution in [2.24, 2.45) is 7.05 Å². The zero-order valence-corrected chi connectivity index (χ0v) is 17.3. The van der Waals surface area contributed by atoms with E-state index in [0.29, 0.717) is 28.2 Å². The third-order valence-corrected chi connectivity index (χ3v) is 5.18. The number of ether oxygens (including phenoxy) is 2. The van der Waals surface area contributed by atoms with Gasteiger partial charge in [-0.2, -0.15) is 0 Å². The lowest BCUT2D eigenvalue weighted by molar-refractivity contribution is -0.113. The number of halogens is 2. The maximum absolute atomic E-state index is 13.1. The van der Waals surface area contributed by atoms with Crippen LogP contribution in [0.1, 0.15) is 5.82 Å². The molecule has 2 aromatic carbocycles. The molecule has 0 spiro atoms. The van der Waals surface area contributed by atoms with Crippen LogP contribution < -0.4 is 14.8 Å². The number of nitrogens with one attached hydrogen (secondary N) is 1. The van der Waals surface area contributed by atoms with Gasteiger partial charge in [0.15, 0.2) is 11.0 Å². The molecule has 29 heavy (non-hydrogen) atoms. The minimum atomic E-state index is -0.438. The summed E-state index contributed by atoms with van der Waals surface area (Å²) in [4.78, 5) is 12.2. The minimum Gasteiger partial charge on any atom is -0.497 e. The van der Waals surface area contributed by atoms with E-state index in [2.05, 4.69) is 15.5 Å². The summed E-state index contributed by atoms with van der Waals surface area (Å²) in [6, 6.07) is 11.0. The van der Waals surface area contributed by atoms with Crippen LogP contribution in [0.2, 0.25) is 5.02 Å². The van der Waals surface area contributed by atoms with Crippen LogP contribution in [0.3, 0.4) is 0 Å². The molecule has 152 valence electrons. The first-order valence-electron chi connectivity index (χ1n) is 8.49. The number of thioether (sulfide) groups is 1. The SMILES string of the molecule is COc1cccc(NC(=O)CSc2nnc(COc3ccc(F)cc3Cl)n2C)c1. The molecule has 0 saturated carbocycles. The van der Waals surface area contributed by atoms with Gasteiger partial charge < -0.3 is 19.4 Å². The molecule has 3 aromatic rings. The van der Waals surface area contributed by atoms with E-state index in [1.165, 1.54) is 30.0 Å². The highest BCUT2D eigenvalue weighted by Crippen LogP contribution is 2.26. The Labute approximate surface area is 176 Å². The monoisotopic (exact) mass is 436 g/mol. The molecule has 0 saturated heterocycles. The van der Waals surface area contributed by atoms with Gasteiger partial charge in [0.1, 0.15) is 23.9 Å². The highest BCUT2D eigenvalue weighted by atomic mass is 35.5. The lowest BCUT2D eigenvalue weighted by Crippen LogP contribution is -2.14. The summed E-state index contributed by atoms with van der Waals surface area (Å²) in [5.74, 6) is 1.10. The fourth-order valence-electron chi connectivity index (χ4n) is 2.36. The number of carbonyl (C=O) groups excluding carboxylic acids is 1. The predicted octanol–water partition coefficient (Wildman–Crippen LogP) is 3.93. The van der Waals surface area contributed by atoms with Gasteiger partial charge in [0.2, 0.25) is 5.91 Å². The topological polar surface area (TPSA) is 78.3 Å². The van der Waals surface area contributed by atoms with Crippen molar-refractivity contribution in [3.8, 4) is 11.5 Å². The van der Waals surface area contributed by atoms with Gasteiger partial charge in [-0.05, 0) is 30.3 Å². The van der Waals surface area contributed by atoms with E-state index in [1.54, 1.807) is 43.0 Å². The van der Waals surface area contributed by atoms with Gasteiger partial charge in [0.05, 0.1) is 17.9 Å². The molecular formula is C19H18ClFN4O3S. The van der Waals surface area contributed by atoms with Crippen LogP contribution in [0, 0.1) is 5.82 Å². The summed E-state index contributed by atoms with van der Waals surface area (Å²) in [5.41, 5.74) is 0.651. The molecule has 0 radical (unpaired) electrons. The van der Waals surface area contributed by atoms with Crippen molar-refractivity contribution in [1.82, 2.24) is 14.8 Å². The molecule has 0 aliphatic rings. The molecule has 0 aliphatic carbocycles. The van der Waals surface area contributed by atoms with Crippen LogP contribution in [0.5, 0.6) is 11.5 Å². The van der Waals surface area contributed by atoms with E-state index < -0.39 is 5.82 Å². The number of hydrogen-bond acceptors (Lipinski definition) is 6. The van der Waals surface area contributed by atoms with Gasteiger partial charge in [-0.15, -0.1) is 10.2 Å². The van der Waals surface area contributed by atoms with E-state index in [9.17, 15) is 9.18 Å². The fraction of sp³-hybridized carbons (Fsp3) is 0.211. The zero-order valence-electron chi connectivity index (χ0n) is 15.7. The number of rotatable bonds is 8. The number of anilines is 1. The molecule has 0 bridgehead atoms. The number of benzene rings is 2. The lowest BCUT2D eigenvalue weighted by Gasteiger charge is -2.08. The Bertz CT molecular complexity index is 1010. The quantitative estimate of drug-likeness (QED) is 0.539. The van der Waals surface area contributed by atoms with E-state index in [4.69, 9.17) is 21.1 Å². The summed E-state index contributed by atoms with van der Waals surface area (Å²) in [6.07, 6.45) is 0. The Morgan fingerprint density at radius 3 is 2.86 bits per heavy atom. The van der Waals surface area contributed by atoms with Gasteiger partial charge in [0.25, 0.3) is 0 Å². The highest BCUT2D eigenvalue weighted by Gasteiger charge is 2.13. The van der Waals surface area contributed by atoms with Crippen molar-refractivity contribution in [2.75, 3.05) is 18.2 Å². The number of amides is 1. The zero-order chi connectivity index (χ0) is 20.8. The fourth-order valence-corrected chi connectivity index (χ4v) is 3.31. The first kappa shape index (κ1) is 20.9. The summed E-state index contributed by atoms with van der Waals surface area (Å²) in [6.45, 7) is 0.103. The molecule has 0 fully saturated rings. The van der Waals surface area contributed by atoms with Crippen LogP contribution in [0.4, 0.5) is 10.1 Å². The Morgan fingerprint density at radius 2 is 2.10 bits per heavy atom. The average Bonchev–Trinajstić information content (AvgIpc) is 3.05. The number of carbonyl (C=O) groups is 1. The van der Waals surface area contributed by atoms with Crippen LogP contribution in [-0.2, 0) is 18.4 Å². The van der Waals surface area contributed by atoms with Crippen molar-refractivity contribution in [3.05, 3.63) is 59.1 Å². The van der Waals surface area contributed by atoms with Gasteiger partial charge in [-0.25, -0.2) is 4.39 Å². The molecule has 7 nitrogen and oxygen atoms in total. The van der Waals surface area contributed by atoms with Crippen LogP contribution >= 0.6 is 23.4 Å². The first-order valence-corrected chi connectivity index (χ1v) is 9.85. The van der Waals surface area contributed by atoms with E-state index in [0.717, 1.165) is 0 Å². The lowest BCUT2D eigenvalue weighted by atomic mass is 10.3. The second-order valence-corrected chi connectivity index (χ2v) is 7.24. The minimum absolute atomic E-state index is 0.103. The van der Waals surface area contributed by atoms with Crippen molar-refractivity contribution < 1.29 is 18.7 Å². The van der Waals surface area contributed by atoms with Crippen LogP contribution in [0.15, 0.2) is 47.6 Å². The molecule has 10 heteroatoms. The molecule has 1 amide bonds. The van der Waals surface area contributed by atoms with Crippen molar-refractivity contribution in [1.29, 1.82) is 0 Å². The highest BCUT2D eigenvalue weighted by molar-refractivity contribution is 7.99. The standard InChI is InChI=1S/C19H18ClFN4O3S/c1-25-17(10-28-16-7-6-12(21)8-15(16)20)23-24-19(25)29-11-18(26)22-13-4-3-5-14(9-13)27-2/h3-9H,10-11H2,1-2H3,(H,22,26). The smallest absolute Gasteiger partial charge is 0.234 e. The molecule has 1 aromatic heterocycles. The summed E-state index contributed by atoms with van der Waals surface area (Å²) < 4.78 is 25.5. The van der Waals surface area contributed by atoms with Gasteiger partial charge in [0, 0.05) is 18.8 Å². The Morgan fingerprint density at radius 1 is 1.28 bits per heavy atom. The molecule has 3 rings (SSSR count). The summed E-state index contributed by atoms with van der Waals surface area (Å²) >= 11 is 7.19. The summed E-state index contributed by atoms with van der Waals surface area (Å²) in [7, 11) is 3.34. The van der Waals surface area contributed by atoms with Gasteiger partial charge >= 0.3 is 0 Å². The largest absolute Gasteiger partial charge is 0.497 e. The predicted molar refractivity (Wildman–Crippen MR) is 109 cm³/mol. The average molecular weight is 437 g/mol. The van der Waals surface area contributed by atoms with E-state index >= 15 is 0 Å².